The first-order valence-electron chi connectivity index (χ1n) is 8.48. The molecule has 1 atom stereocenters. The molecule has 12 heteroatoms. The van der Waals surface area contributed by atoms with Gasteiger partial charge in [-0.3, -0.25) is 0 Å². The molecule has 156 valence electrons. The molecule has 1 aromatic carbocycles. The van der Waals surface area contributed by atoms with Crippen LogP contribution in [0, 0.1) is 0 Å². The SMILES string of the molecule is C=C1CN(c2ccc3c(c2)OC(F)(F)C(F)(F)O3)C(=NC(=O)N2CC[C@H](F)C2)S1. The molecule has 4 rings (SSSR count). The van der Waals surface area contributed by atoms with Gasteiger partial charge in [-0.1, -0.05) is 18.3 Å². The minimum Gasteiger partial charge on any atom is -0.421 e. The Bertz CT molecular complexity index is 910. The number of hydrogen-bond acceptors (Lipinski definition) is 4. The number of carbonyl (C=O) groups is 1. The lowest BCUT2D eigenvalue weighted by Crippen LogP contribution is -2.52. The summed E-state index contributed by atoms with van der Waals surface area (Å²) >= 11 is 1.09. The minimum atomic E-state index is -4.84. The summed E-state index contributed by atoms with van der Waals surface area (Å²) in [5.41, 5.74) is 0.260. The maximum atomic E-state index is 13.5. The Morgan fingerprint density at radius 2 is 1.90 bits per heavy atom. The second-order valence-corrected chi connectivity index (χ2v) is 7.75. The molecule has 3 aliphatic heterocycles. The van der Waals surface area contributed by atoms with Crippen LogP contribution < -0.4 is 14.4 Å². The molecule has 0 aromatic heterocycles. The Morgan fingerprint density at radius 1 is 1.21 bits per heavy atom. The number of urea groups is 1. The molecule has 0 spiro atoms. The molecule has 0 aliphatic carbocycles. The number of amidine groups is 1. The number of alkyl halides is 5. The van der Waals surface area contributed by atoms with Gasteiger partial charge in [-0.25, -0.2) is 9.18 Å². The third-order valence-corrected chi connectivity index (χ3v) is 5.36. The fourth-order valence-electron chi connectivity index (χ4n) is 3.01. The van der Waals surface area contributed by atoms with E-state index in [2.05, 4.69) is 21.0 Å². The number of benzene rings is 1. The quantitative estimate of drug-likeness (QED) is 0.618. The van der Waals surface area contributed by atoms with Crippen LogP contribution >= 0.6 is 11.8 Å². The van der Waals surface area contributed by atoms with E-state index in [0.717, 1.165) is 23.9 Å². The number of hydrogen-bond donors (Lipinski definition) is 0. The molecular weight excluding hydrogens is 421 g/mol. The highest BCUT2D eigenvalue weighted by atomic mass is 32.2. The lowest BCUT2D eigenvalue weighted by Gasteiger charge is -2.32. The number of rotatable bonds is 1. The number of carbonyl (C=O) groups excluding carboxylic acids is 1. The summed E-state index contributed by atoms with van der Waals surface area (Å²) in [7, 11) is 0. The molecule has 0 bridgehead atoms. The standard InChI is InChI=1S/C17H14F5N3O3S/c1-9-7-25(15(29-9)23-14(26)24-5-4-10(18)8-24)11-2-3-12-13(6-11)28-17(21,22)16(19,20)27-12/h2-3,6,10H,1,4-5,7-8H2/t10-/m0/s1. The van der Waals surface area contributed by atoms with E-state index in [-0.39, 0.29) is 36.9 Å². The zero-order valence-electron chi connectivity index (χ0n) is 14.7. The largest absolute Gasteiger partial charge is 0.507 e. The van der Waals surface area contributed by atoms with Crippen molar-refractivity contribution in [1.82, 2.24) is 4.90 Å². The van der Waals surface area contributed by atoms with Gasteiger partial charge < -0.3 is 19.3 Å². The van der Waals surface area contributed by atoms with Gasteiger partial charge in [-0.15, -0.1) is 0 Å². The van der Waals surface area contributed by atoms with Crippen molar-refractivity contribution < 1.29 is 36.2 Å². The van der Waals surface area contributed by atoms with Crippen LogP contribution in [0.2, 0.25) is 0 Å². The predicted octanol–water partition coefficient (Wildman–Crippen LogP) is 4.23. The molecule has 0 unspecified atom stereocenters. The van der Waals surface area contributed by atoms with Crippen molar-refractivity contribution in [3.8, 4) is 11.5 Å². The van der Waals surface area contributed by atoms with Gasteiger partial charge in [0.15, 0.2) is 16.7 Å². The van der Waals surface area contributed by atoms with Crippen molar-refractivity contribution in [1.29, 1.82) is 0 Å². The maximum Gasteiger partial charge on any atom is 0.507 e. The summed E-state index contributed by atoms with van der Waals surface area (Å²) in [5.74, 6) is -1.12. The highest BCUT2D eigenvalue weighted by molar-refractivity contribution is 8.18. The first-order valence-corrected chi connectivity index (χ1v) is 9.30. The summed E-state index contributed by atoms with van der Waals surface area (Å²) in [5, 5.41) is 0.205. The summed E-state index contributed by atoms with van der Waals surface area (Å²) < 4.78 is 75.0. The van der Waals surface area contributed by atoms with Crippen LogP contribution in [0.1, 0.15) is 6.42 Å². The lowest BCUT2D eigenvalue weighted by atomic mass is 10.2. The summed E-state index contributed by atoms with van der Waals surface area (Å²) in [6.45, 7) is 4.21. The first kappa shape index (κ1) is 19.8. The molecule has 2 saturated heterocycles. The van der Waals surface area contributed by atoms with E-state index >= 15 is 0 Å². The van der Waals surface area contributed by atoms with Gasteiger partial charge in [0, 0.05) is 23.2 Å². The van der Waals surface area contributed by atoms with Crippen molar-refractivity contribution in [2.24, 2.45) is 4.99 Å². The van der Waals surface area contributed by atoms with E-state index in [1.54, 1.807) is 0 Å². The molecule has 3 aliphatic rings. The van der Waals surface area contributed by atoms with Crippen molar-refractivity contribution in [2.45, 2.75) is 24.8 Å². The second-order valence-electron chi connectivity index (χ2n) is 6.60. The Kier molecular flexibility index (Phi) is 4.63. The molecule has 1 aromatic rings. The van der Waals surface area contributed by atoms with Crippen molar-refractivity contribution in [3.05, 3.63) is 29.7 Å². The number of fused-ring (bicyclic) bond motifs is 1. The van der Waals surface area contributed by atoms with Crippen LogP contribution in [0.15, 0.2) is 34.7 Å². The number of nitrogens with zero attached hydrogens (tertiary/aromatic N) is 3. The molecular formula is C17H14F5N3O3S. The average Bonchev–Trinajstić information content (AvgIpc) is 3.21. The number of thioether (sulfide) groups is 1. The van der Waals surface area contributed by atoms with Crippen molar-refractivity contribution in [2.75, 3.05) is 24.5 Å². The molecule has 2 amide bonds. The zero-order chi connectivity index (χ0) is 21.0. The zero-order valence-corrected chi connectivity index (χ0v) is 15.5. The predicted molar refractivity (Wildman–Crippen MR) is 95.6 cm³/mol. The smallest absolute Gasteiger partial charge is 0.421 e. The van der Waals surface area contributed by atoms with Gasteiger partial charge >= 0.3 is 18.2 Å². The Morgan fingerprint density at radius 3 is 2.55 bits per heavy atom. The maximum absolute atomic E-state index is 13.5. The van der Waals surface area contributed by atoms with Gasteiger partial charge in [0.1, 0.15) is 6.17 Å². The highest BCUT2D eigenvalue weighted by Gasteiger charge is 2.66. The van der Waals surface area contributed by atoms with E-state index in [9.17, 15) is 26.7 Å². The van der Waals surface area contributed by atoms with Crippen LogP contribution in [0.25, 0.3) is 0 Å². The number of likely N-dealkylation sites (tertiary alicyclic amines) is 1. The summed E-state index contributed by atoms with van der Waals surface area (Å²) in [6.07, 6.45) is -10.5. The van der Waals surface area contributed by atoms with Crippen molar-refractivity contribution >= 4 is 28.6 Å². The molecule has 6 nitrogen and oxygen atoms in total. The van der Waals surface area contributed by atoms with E-state index in [1.165, 1.54) is 15.9 Å². The fourth-order valence-corrected chi connectivity index (χ4v) is 3.87. The van der Waals surface area contributed by atoms with Crippen molar-refractivity contribution in [3.63, 3.8) is 0 Å². The average molecular weight is 435 g/mol. The van der Waals surface area contributed by atoms with E-state index < -0.39 is 35.9 Å². The number of amides is 2. The van der Waals surface area contributed by atoms with Crippen LogP contribution in [0.4, 0.5) is 32.4 Å². The third kappa shape index (κ3) is 3.61. The summed E-state index contributed by atoms with van der Waals surface area (Å²) in [4.78, 5) is 19.7. The molecule has 0 radical (unpaired) electrons. The van der Waals surface area contributed by atoms with Gasteiger partial charge in [-0.2, -0.15) is 22.6 Å². The van der Waals surface area contributed by atoms with Gasteiger partial charge in [0.05, 0.1) is 13.1 Å². The Hall–Kier alpha value is -2.50. The van der Waals surface area contributed by atoms with Crippen LogP contribution in [0.3, 0.4) is 0 Å². The van der Waals surface area contributed by atoms with Gasteiger partial charge in [-0.05, 0) is 18.6 Å². The Balaban J connectivity index is 1.61. The monoisotopic (exact) mass is 435 g/mol. The van der Waals surface area contributed by atoms with Gasteiger partial charge in [0.25, 0.3) is 0 Å². The van der Waals surface area contributed by atoms with E-state index in [1.807, 2.05) is 0 Å². The van der Waals surface area contributed by atoms with E-state index in [4.69, 9.17) is 0 Å². The third-order valence-electron chi connectivity index (χ3n) is 4.45. The number of halogens is 5. The number of ether oxygens (including phenoxy) is 2. The fraction of sp³-hybridized carbons (Fsp3) is 0.412. The first-order chi connectivity index (χ1) is 13.6. The molecule has 3 heterocycles. The molecule has 0 N–H and O–H groups in total. The Labute approximate surface area is 165 Å². The molecule has 2 fully saturated rings. The number of anilines is 1. The lowest BCUT2D eigenvalue weighted by molar-refractivity contribution is -0.391. The van der Waals surface area contributed by atoms with Gasteiger partial charge in [0.2, 0.25) is 0 Å². The highest BCUT2D eigenvalue weighted by Crippen LogP contribution is 2.48. The van der Waals surface area contributed by atoms with Crippen LogP contribution in [-0.2, 0) is 0 Å². The minimum absolute atomic E-state index is 0.0471. The van der Waals surface area contributed by atoms with Crippen LogP contribution in [0.5, 0.6) is 11.5 Å². The normalized spacial score (nSPS) is 26.3. The number of aliphatic imine (C=N–C) groups is 1. The van der Waals surface area contributed by atoms with Crippen LogP contribution in [-0.4, -0.2) is 54.1 Å². The topological polar surface area (TPSA) is 54.4 Å². The second kappa shape index (κ2) is 6.78. The summed E-state index contributed by atoms with van der Waals surface area (Å²) in [6, 6.07) is 2.86. The van der Waals surface area contributed by atoms with E-state index in [0.29, 0.717) is 4.91 Å². The molecule has 0 saturated carbocycles. The molecule has 29 heavy (non-hydrogen) atoms.